The zero-order valence-corrected chi connectivity index (χ0v) is 20.5. The smallest absolute Gasteiger partial charge is 0.303 e. The Kier molecular flexibility index (Phi) is 10.7. The highest BCUT2D eigenvalue weighted by atomic mass is 16.8. The molecule has 0 aromatic rings. The van der Waals surface area contributed by atoms with Crippen molar-refractivity contribution < 1.29 is 83.6 Å². The molecule has 14 atom stereocenters. The van der Waals surface area contributed by atoms with E-state index in [1.54, 1.807) is 0 Å². The van der Waals surface area contributed by atoms with E-state index in [0.717, 1.165) is 13.8 Å². The van der Waals surface area contributed by atoms with Gasteiger partial charge in [0.05, 0.1) is 19.8 Å². The van der Waals surface area contributed by atoms with Crippen LogP contribution >= 0.6 is 0 Å². The van der Waals surface area contributed by atoms with Gasteiger partial charge in [-0.1, -0.05) is 0 Å². The first-order valence-electron chi connectivity index (χ1n) is 11.8. The molecule has 3 saturated heterocycles. The molecule has 3 rings (SSSR count). The Morgan fingerprint density at radius 1 is 0.684 bits per heavy atom. The van der Waals surface area contributed by atoms with Crippen molar-refractivity contribution in [3.05, 3.63) is 0 Å². The van der Waals surface area contributed by atoms with Gasteiger partial charge in [0.1, 0.15) is 54.9 Å². The fraction of sp³-hybridized carbons (Fsp3) is 0.905. The van der Waals surface area contributed by atoms with Crippen LogP contribution in [0, 0.1) is 0 Å². The number of aliphatic hydroxyl groups excluding tert-OH is 8. The predicted octanol–water partition coefficient (Wildman–Crippen LogP) is -5.79. The first kappa shape index (κ1) is 31.0. The van der Waals surface area contributed by atoms with Crippen LogP contribution in [-0.4, -0.2) is 159 Å². The van der Waals surface area contributed by atoms with E-state index in [4.69, 9.17) is 33.2 Å². The molecule has 3 aliphatic heterocycles. The topological polar surface area (TPSA) is 261 Å². The summed E-state index contributed by atoms with van der Waals surface area (Å²) in [7, 11) is 0. The molecule has 0 spiro atoms. The Bertz CT molecular complexity index is 796. The minimum absolute atomic E-state index is 0.494. The van der Waals surface area contributed by atoms with Gasteiger partial charge >= 0.3 is 11.9 Å². The number of hydrogen-bond donors (Lipinski definition) is 8. The zero-order valence-electron chi connectivity index (χ0n) is 20.5. The predicted molar refractivity (Wildman–Crippen MR) is 114 cm³/mol. The van der Waals surface area contributed by atoms with E-state index < -0.39 is 118 Å². The second kappa shape index (κ2) is 13.2. The standard InChI is InChI=1S/C21H34O17/c1-6(24)33-17-15(10(4-23)35-19(31)18(17)34-7(2)25)37-21-16(11(27)8(26)5-32-21)38-20-14(30)13(29)12(28)9(3-22)36-20/h8-23,26-31H,3-5H2,1-2H3/t8-,9-,10-,11+,12-,13+,14-,15-,16-,17-,18-,19-,20+,21+/m1/s1. The Morgan fingerprint density at radius 2 is 1.26 bits per heavy atom. The van der Waals surface area contributed by atoms with Crippen LogP contribution in [0.3, 0.4) is 0 Å². The van der Waals surface area contributed by atoms with Crippen molar-refractivity contribution in [3.8, 4) is 0 Å². The van der Waals surface area contributed by atoms with Gasteiger partial charge in [-0.2, -0.15) is 0 Å². The van der Waals surface area contributed by atoms with Crippen molar-refractivity contribution in [3.63, 3.8) is 0 Å². The molecule has 0 unspecified atom stereocenters. The SMILES string of the molecule is CC(=O)O[C@H]1[C@@H](OC(C)=O)[C@H](O)O[C@H](CO)[C@H]1O[C@@H]1OC[C@@H](O)[C@H](O)[C@H]1O[C@@H]1O[C@H](CO)[C@@H](O)[C@H](O)[C@H]1O. The summed E-state index contributed by atoms with van der Waals surface area (Å²) in [5.41, 5.74) is 0. The molecular formula is C21H34O17. The zero-order chi connectivity index (χ0) is 28.3. The van der Waals surface area contributed by atoms with Crippen LogP contribution in [0.15, 0.2) is 0 Å². The molecule has 17 heteroatoms. The Balaban J connectivity index is 1.88. The van der Waals surface area contributed by atoms with Gasteiger partial charge in [-0.3, -0.25) is 9.59 Å². The van der Waals surface area contributed by atoms with Crippen LogP contribution in [-0.2, 0) is 42.7 Å². The molecule has 0 aliphatic carbocycles. The van der Waals surface area contributed by atoms with E-state index in [0.29, 0.717) is 0 Å². The van der Waals surface area contributed by atoms with Gasteiger partial charge in [0, 0.05) is 13.8 Å². The molecule has 0 saturated carbocycles. The van der Waals surface area contributed by atoms with Crippen LogP contribution < -0.4 is 0 Å². The van der Waals surface area contributed by atoms with Crippen molar-refractivity contribution >= 4 is 11.9 Å². The number of esters is 2. The second-order valence-corrected chi connectivity index (χ2v) is 9.05. The van der Waals surface area contributed by atoms with E-state index in [1.807, 2.05) is 0 Å². The summed E-state index contributed by atoms with van der Waals surface area (Å²) in [6.07, 6.45) is -23.0. The Hall–Kier alpha value is -1.58. The van der Waals surface area contributed by atoms with Crippen molar-refractivity contribution in [2.45, 2.75) is 99.9 Å². The molecule has 0 amide bonds. The summed E-state index contributed by atoms with van der Waals surface area (Å²) >= 11 is 0. The van der Waals surface area contributed by atoms with E-state index in [-0.39, 0.29) is 0 Å². The van der Waals surface area contributed by atoms with Gasteiger partial charge in [0.15, 0.2) is 31.1 Å². The molecule has 220 valence electrons. The summed E-state index contributed by atoms with van der Waals surface area (Å²) in [6.45, 7) is 0.00478. The largest absolute Gasteiger partial charge is 0.455 e. The lowest BCUT2D eigenvalue weighted by atomic mass is 9.97. The highest BCUT2D eigenvalue weighted by Crippen LogP contribution is 2.32. The maximum absolute atomic E-state index is 11.8. The van der Waals surface area contributed by atoms with E-state index in [2.05, 4.69) is 0 Å². The van der Waals surface area contributed by atoms with Crippen LogP contribution in [0.2, 0.25) is 0 Å². The number of carbonyl (C=O) groups is 2. The van der Waals surface area contributed by atoms with E-state index in [1.165, 1.54) is 0 Å². The molecule has 0 bridgehead atoms. The normalized spacial score (nSPS) is 45.8. The molecule has 8 N–H and O–H groups in total. The van der Waals surface area contributed by atoms with Crippen molar-refractivity contribution in [1.82, 2.24) is 0 Å². The monoisotopic (exact) mass is 558 g/mol. The highest BCUT2D eigenvalue weighted by molar-refractivity contribution is 5.67. The third-order valence-electron chi connectivity index (χ3n) is 6.25. The molecule has 3 aliphatic rings. The third-order valence-corrected chi connectivity index (χ3v) is 6.25. The summed E-state index contributed by atoms with van der Waals surface area (Å²) < 4.78 is 37.6. The van der Waals surface area contributed by atoms with Crippen molar-refractivity contribution in [2.24, 2.45) is 0 Å². The van der Waals surface area contributed by atoms with Gasteiger partial charge in [0.25, 0.3) is 0 Å². The first-order valence-corrected chi connectivity index (χ1v) is 11.8. The van der Waals surface area contributed by atoms with Gasteiger partial charge in [-0.15, -0.1) is 0 Å². The number of hydrogen-bond acceptors (Lipinski definition) is 17. The third kappa shape index (κ3) is 6.76. The molecule has 3 fully saturated rings. The average Bonchev–Trinajstić information content (AvgIpc) is 2.86. The quantitative estimate of drug-likeness (QED) is 0.129. The molecule has 0 radical (unpaired) electrons. The fourth-order valence-electron chi connectivity index (χ4n) is 4.37. The summed E-state index contributed by atoms with van der Waals surface area (Å²) in [6, 6.07) is 0. The molecule has 0 aromatic carbocycles. The van der Waals surface area contributed by atoms with Gasteiger partial charge < -0.3 is 74.0 Å². The summed E-state index contributed by atoms with van der Waals surface area (Å²) in [5, 5.41) is 80.7. The second-order valence-electron chi connectivity index (χ2n) is 9.05. The maximum atomic E-state index is 11.8. The van der Waals surface area contributed by atoms with E-state index >= 15 is 0 Å². The molecule has 3 heterocycles. The fourth-order valence-corrected chi connectivity index (χ4v) is 4.37. The summed E-state index contributed by atoms with van der Waals surface area (Å²) in [4.78, 5) is 23.4. The highest BCUT2D eigenvalue weighted by Gasteiger charge is 2.54. The number of rotatable bonds is 8. The van der Waals surface area contributed by atoms with Crippen molar-refractivity contribution in [1.29, 1.82) is 0 Å². The summed E-state index contributed by atoms with van der Waals surface area (Å²) in [5.74, 6) is -1.74. The molecule has 17 nitrogen and oxygen atoms in total. The molecule has 38 heavy (non-hydrogen) atoms. The first-order chi connectivity index (χ1) is 17.9. The van der Waals surface area contributed by atoms with Gasteiger partial charge in [-0.25, -0.2) is 0 Å². The van der Waals surface area contributed by atoms with Crippen LogP contribution in [0.1, 0.15) is 13.8 Å². The number of aliphatic hydroxyl groups is 8. The lowest BCUT2D eigenvalue weighted by Gasteiger charge is -2.47. The van der Waals surface area contributed by atoms with Crippen LogP contribution in [0.25, 0.3) is 0 Å². The minimum Gasteiger partial charge on any atom is -0.455 e. The molecular weight excluding hydrogens is 524 g/mol. The van der Waals surface area contributed by atoms with Crippen molar-refractivity contribution in [2.75, 3.05) is 19.8 Å². The van der Waals surface area contributed by atoms with Crippen LogP contribution in [0.4, 0.5) is 0 Å². The van der Waals surface area contributed by atoms with Crippen LogP contribution in [0.5, 0.6) is 0 Å². The van der Waals surface area contributed by atoms with Gasteiger partial charge in [-0.05, 0) is 0 Å². The van der Waals surface area contributed by atoms with E-state index in [9.17, 15) is 50.4 Å². The maximum Gasteiger partial charge on any atom is 0.303 e. The minimum atomic E-state index is -1.87. The lowest BCUT2D eigenvalue weighted by Crippen LogP contribution is -2.66. The Morgan fingerprint density at radius 3 is 1.84 bits per heavy atom. The Labute approximate surface area is 215 Å². The lowest BCUT2D eigenvalue weighted by molar-refractivity contribution is -0.377. The number of ether oxygens (including phenoxy) is 7. The van der Waals surface area contributed by atoms with Gasteiger partial charge in [0.2, 0.25) is 0 Å². The average molecular weight is 558 g/mol. The number of carbonyl (C=O) groups excluding carboxylic acids is 2. The molecule has 0 aromatic heterocycles.